The van der Waals surface area contributed by atoms with Crippen LogP contribution < -0.4 is 5.73 Å². The van der Waals surface area contributed by atoms with Gasteiger partial charge >= 0.3 is 0 Å². The van der Waals surface area contributed by atoms with Crippen molar-refractivity contribution in [3.63, 3.8) is 0 Å². The summed E-state index contributed by atoms with van der Waals surface area (Å²) in [5.74, 6) is 0. The largest absolute Gasteiger partial charge is 0.329 e. The van der Waals surface area contributed by atoms with E-state index < -0.39 is 0 Å². The first-order valence-electron chi connectivity index (χ1n) is 7.07. The summed E-state index contributed by atoms with van der Waals surface area (Å²) >= 11 is 7.70. The van der Waals surface area contributed by atoms with Gasteiger partial charge in [0.05, 0.1) is 4.34 Å². The zero-order valence-corrected chi connectivity index (χ0v) is 13.8. The maximum absolute atomic E-state index is 6.21. The second-order valence-electron chi connectivity index (χ2n) is 6.39. The molecule has 1 aliphatic rings. The van der Waals surface area contributed by atoms with Crippen LogP contribution in [0.3, 0.4) is 0 Å². The first-order chi connectivity index (χ1) is 8.91. The van der Waals surface area contributed by atoms with Gasteiger partial charge in [0.2, 0.25) is 0 Å². The first-order valence-corrected chi connectivity index (χ1v) is 8.26. The lowest BCUT2D eigenvalue weighted by molar-refractivity contribution is -0.0329. The number of nitrogens with zero attached hydrogens (tertiary/aromatic N) is 1. The summed E-state index contributed by atoms with van der Waals surface area (Å²) in [5.41, 5.74) is 6.60. The van der Waals surface area contributed by atoms with Gasteiger partial charge in [0, 0.05) is 23.5 Å². The van der Waals surface area contributed by atoms with Crippen LogP contribution in [-0.2, 0) is 6.54 Å². The quantitative estimate of drug-likeness (QED) is 0.906. The lowest BCUT2D eigenvalue weighted by atomic mass is 9.62. The van der Waals surface area contributed by atoms with Crippen LogP contribution in [0.1, 0.15) is 44.4 Å². The molecule has 2 N–H and O–H groups in total. The Morgan fingerprint density at radius 1 is 1.32 bits per heavy atom. The minimum Gasteiger partial charge on any atom is -0.329 e. The third-order valence-electron chi connectivity index (χ3n) is 4.99. The van der Waals surface area contributed by atoms with E-state index in [1.54, 1.807) is 11.3 Å². The van der Waals surface area contributed by atoms with Crippen molar-refractivity contribution in [2.75, 3.05) is 13.6 Å². The number of rotatable bonds is 4. The highest BCUT2D eigenvalue weighted by atomic mass is 35.5. The molecule has 1 aromatic heterocycles. The van der Waals surface area contributed by atoms with Crippen LogP contribution >= 0.6 is 22.9 Å². The van der Waals surface area contributed by atoms with Gasteiger partial charge in [-0.1, -0.05) is 38.3 Å². The molecule has 1 atom stereocenters. The van der Waals surface area contributed by atoms with E-state index in [0.717, 1.165) is 17.4 Å². The molecule has 1 aliphatic carbocycles. The number of nitrogens with two attached hydrogens (primary N) is 1. The molecule has 0 saturated heterocycles. The van der Waals surface area contributed by atoms with E-state index >= 15 is 0 Å². The normalized spacial score (nSPS) is 26.8. The predicted molar refractivity (Wildman–Crippen MR) is 84.8 cm³/mol. The Bertz CT molecular complexity index is 430. The van der Waals surface area contributed by atoms with Crippen molar-refractivity contribution in [1.82, 2.24) is 4.90 Å². The molecule has 0 spiro atoms. The van der Waals surface area contributed by atoms with Gasteiger partial charge in [0.15, 0.2) is 0 Å². The minimum atomic E-state index is 0.113. The highest BCUT2D eigenvalue weighted by Gasteiger charge is 2.48. The van der Waals surface area contributed by atoms with Gasteiger partial charge in [-0.05, 0) is 37.4 Å². The van der Waals surface area contributed by atoms with Gasteiger partial charge in [-0.2, -0.15) is 0 Å². The molecule has 2 rings (SSSR count). The monoisotopic (exact) mass is 300 g/mol. The Kier molecular flexibility index (Phi) is 4.61. The topological polar surface area (TPSA) is 29.3 Å². The van der Waals surface area contributed by atoms with Crippen molar-refractivity contribution in [2.24, 2.45) is 11.1 Å². The Morgan fingerprint density at radius 3 is 2.53 bits per heavy atom. The van der Waals surface area contributed by atoms with Crippen molar-refractivity contribution in [2.45, 2.75) is 51.6 Å². The van der Waals surface area contributed by atoms with Crippen LogP contribution in [0.15, 0.2) is 12.1 Å². The molecule has 19 heavy (non-hydrogen) atoms. The predicted octanol–water partition coefficient (Wildman–Crippen LogP) is 4.13. The third kappa shape index (κ3) is 2.85. The SMILES string of the molecule is CN(Cc1ccc(Cl)s1)C1(CN)CCCCC1(C)C. The van der Waals surface area contributed by atoms with Crippen molar-refractivity contribution in [3.05, 3.63) is 21.3 Å². The van der Waals surface area contributed by atoms with Crippen LogP contribution in [0.5, 0.6) is 0 Å². The second kappa shape index (κ2) is 5.72. The molecule has 0 radical (unpaired) electrons. The molecule has 108 valence electrons. The summed E-state index contributed by atoms with van der Waals surface area (Å²) in [6, 6.07) is 4.11. The van der Waals surface area contributed by atoms with E-state index in [-0.39, 0.29) is 11.0 Å². The van der Waals surface area contributed by atoms with Gasteiger partial charge in [-0.15, -0.1) is 11.3 Å². The summed E-state index contributed by atoms with van der Waals surface area (Å²) in [4.78, 5) is 3.79. The number of hydrogen-bond donors (Lipinski definition) is 1. The van der Waals surface area contributed by atoms with Crippen molar-refractivity contribution >= 4 is 22.9 Å². The maximum Gasteiger partial charge on any atom is 0.0931 e. The Hall–Kier alpha value is -0.0900. The second-order valence-corrected chi connectivity index (χ2v) is 8.19. The summed E-state index contributed by atoms with van der Waals surface area (Å²) in [7, 11) is 2.22. The van der Waals surface area contributed by atoms with E-state index in [4.69, 9.17) is 17.3 Å². The molecule has 0 amide bonds. The molecule has 1 fully saturated rings. The first kappa shape index (κ1) is 15.3. The third-order valence-corrected chi connectivity index (χ3v) is 6.21. The molecule has 1 saturated carbocycles. The Balaban J connectivity index is 2.20. The molecule has 1 aromatic rings. The van der Waals surface area contributed by atoms with Crippen LogP contribution in [0, 0.1) is 5.41 Å². The molecule has 4 heteroatoms. The lowest BCUT2D eigenvalue weighted by Gasteiger charge is -2.55. The standard InChI is InChI=1S/C15H25ClN2S/c1-14(2)8-4-5-9-15(14,11-17)18(3)10-12-6-7-13(16)19-12/h6-7H,4-5,8-11,17H2,1-3H3. The molecule has 1 heterocycles. The smallest absolute Gasteiger partial charge is 0.0931 e. The van der Waals surface area contributed by atoms with Crippen LogP contribution in [0.4, 0.5) is 0 Å². The fraction of sp³-hybridized carbons (Fsp3) is 0.733. The summed E-state index contributed by atoms with van der Waals surface area (Å²) < 4.78 is 0.869. The van der Waals surface area contributed by atoms with Crippen molar-refractivity contribution < 1.29 is 0 Å². The van der Waals surface area contributed by atoms with E-state index in [1.807, 2.05) is 6.07 Å². The highest BCUT2D eigenvalue weighted by Crippen LogP contribution is 2.47. The number of hydrogen-bond acceptors (Lipinski definition) is 3. The fourth-order valence-electron chi connectivity index (χ4n) is 3.62. The van der Waals surface area contributed by atoms with E-state index in [1.165, 1.54) is 30.6 Å². The highest BCUT2D eigenvalue weighted by molar-refractivity contribution is 7.16. The lowest BCUT2D eigenvalue weighted by Crippen LogP contribution is -2.62. The zero-order valence-electron chi connectivity index (χ0n) is 12.2. The van der Waals surface area contributed by atoms with Gasteiger partial charge in [-0.25, -0.2) is 0 Å². The maximum atomic E-state index is 6.21. The summed E-state index contributed by atoms with van der Waals surface area (Å²) in [6.45, 7) is 6.42. The van der Waals surface area contributed by atoms with Crippen molar-refractivity contribution in [1.29, 1.82) is 0 Å². The Morgan fingerprint density at radius 2 is 2.00 bits per heavy atom. The molecular weight excluding hydrogens is 276 g/mol. The van der Waals surface area contributed by atoms with Gasteiger partial charge in [0.25, 0.3) is 0 Å². The molecule has 0 aromatic carbocycles. The molecule has 0 bridgehead atoms. The Labute approximate surface area is 125 Å². The van der Waals surface area contributed by atoms with E-state index in [2.05, 4.69) is 31.9 Å². The van der Waals surface area contributed by atoms with Crippen LogP contribution in [0.25, 0.3) is 0 Å². The number of likely N-dealkylation sites (N-methyl/N-ethyl adjacent to an activating group) is 1. The number of thiophene rings is 1. The van der Waals surface area contributed by atoms with Crippen LogP contribution in [0.2, 0.25) is 4.34 Å². The van der Waals surface area contributed by atoms with Crippen molar-refractivity contribution in [3.8, 4) is 0 Å². The molecule has 0 aliphatic heterocycles. The van der Waals surface area contributed by atoms with Gasteiger partial charge in [0.1, 0.15) is 0 Å². The molecule has 1 unspecified atom stereocenters. The van der Waals surface area contributed by atoms with Gasteiger partial charge < -0.3 is 5.73 Å². The minimum absolute atomic E-state index is 0.113. The zero-order chi connectivity index (χ0) is 14.1. The number of halogens is 1. The summed E-state index contributed by atoms with van der Waals surface area (Å²) in [5, 5.41) is 0. The summed E-state index contributed by atoms with van der Waals surface area (Å²) in [6.07, 6.45) is 5.08. The molecule has 2 nitrogen and oxygen atoms in total. The van der Waals surface area contributed by atoms with Crippen LogP contribution in [-0.4, -0.2) is 24.0 Å². The van der Waals surface area contributed by atoms with E-state index in [0.29, 0.717) is 0 Å². The molecular formula is C15H25ClN2S. The average Bonchev–Trinajstić information content (AvgIpc) is 2.74. The fourth-order valence-corrected chi connectivity index (χ4v) is 4.76. The van der Waals surface area contributed by atoms with Gasteiger partial charge in [-0.3, -0.25) is 4.90 Å². The van der Waals surface area contributed by atoms with E-state index in [9.17, 15) is 0 Å². The average molecular weight is 301 g/mol.